The first-order valence-corrected chi connectivity index (χ1v) is 10.3. The summed E-state index contributed by atoms with van der Waals surface area (Å²) in [5, 5.41) is 0. The summed E-state index contributed by atoms with van der Waals surface area (Å²) in [4.78, 5) is 0. The van der Waals surface area contributed by atoms with Crippen LogP contribution in [0.15, 0.2) is 0 Å². The van der Waals surface area contributed by atoms with Crippen LogP contribution < -0.4 is 4.65 Å². The molecule has 0 spiro atoms. The van der Waals surface area contributed by atoms with Crippen LogP contribution in [0.2, 0.25) is 25.2 Å². The van der Waals surface area contributed by atoms with Gasteiger partial charge >= 0.3 is 0 Å². The molecule has 0 aliphatic heterocycles. The van der Waals surface area contributed by atoms with Gasteiger partial charge in [0.15, 0.2) is 0 Å². The summed E-state index contributed by atoms with van der Waals surface area (Å²) in [5.41, 5.74) is 0.772. The zero-order chi connectivity index (χ0) is 8.36. The SMILES string of the molecule is CC(C)[Si]([Si])N[Si](C)(C)C. The topological polar surface area (TPSA) is 12.0 Å². The van der Waals surface area contributed by atoms with Gasteiger partial charge < -0.3 is 4.65 Å². The number of nitrogens with one attached hydrogen (secondary N) is 1. The minimum absolute atomic E-state index is 0.447. The summed E-state index contributed by atoms with van der Waals surface area (Å²) in [5.74, 6) is 0. The van der Waals surface area contributed by atoms with Crippen molar-refractivity contribution in [1.29, 1.82) is 0 Å². The first kappa shape index (κ1) is 10.6. The van der Waals surface area contributed by atoms with E-state index in [2.05, 4.69) is 47.9 Å². The molecule has 0 aromatic heterocycles. The summed E-state index contributed by atoms with van der Waals surface area (Å²) in [6, 6.07) is 0. The molecule has 0 rings (SSSR count). The summed E-state index contributed by atoms with van der Waals surface area (Å²) in [6.07, 6.45) is 0. The van der Waals surface area contributed by atoms with Crippen LogP contribution in [-0.2, 0) is 0 Å². The van der Waals surface area contributed by atoms with Crippen LogP contribution in [0.4, 0.5) is 0 Å². The highest BCUT2D eigenvalue weighted by molar-refractivity contribution is 7.07. The fourth-order valence-corrected chi connectivity index (χ4v) is 8.31. The Morgan fingerprint density at radius 3 is 1.80 bits per heavy atom. The Morgan fingerprint density at radius 2 is 1.70 bits per heavy atom. The maximum absolute atomic E-state index is 3.75. The molecule has 0 atom stereocenters. The first-order chi connectivity index (χ1) is 4.33. The van der Waals surface area contributed by atoms with Gasteiger partial charge in [-0.3, -0.25) is 0 Å². The predicted octanol–water partition coefficient (Wildman–Crippen LogP) is 1.48. The van der Waals surface area contributed by atoms with Crippen molar-refractivity contribution in [3.63, 3.8) is 0 Å². The Hall–Kier alpha value is 0.611. The molecule has 0 saturated heterocycles. The van der Waals surface area contributed by atoms with Crippen molar-refractivity contribution in [2.24, 2.45) is 0 Å². The van der Waals surface area contributed by atoms with Crippen LogP contribution in [0.5, 0.6) is 0 Å². The van der Waals surface area contributed by atoms with E-state index in [0.29, 0.717) is 0 Å². The summed E-state index contributed by atoms with van der Waals surface area (Å²) in [6.45, 7) is 11.5. The van der Waals surface area contributed by atoms with Gasteiger partial charge in [-0.25, -0.2) is 0 Å². The van der Waals surface area contributed by atoms with Gasteiger partial charge in [0.25, 0.3) is 0 Å². The zero-order valence-corrected chi connectivity index (χ0v) is 10.6. The maximum atomic E-state index is 3.75. The molecule has 1 N–H and O–H groups in total. The summed E-state index contributed by atoms with van der Waals surface area (Å²) < 4.78 is 3.67. The van der Waals surface area contributed by atoms with Crippen LogP contribution in [0.1, 0.15) is 13.8 Å². The van der Waals surface area contributed by atoms with Crippen LogP contribution in [0, 0.1) is 0 Å². The molecule has 4 radical (unpaired) electrons. The van der Waals surface area contributed by atoms with E-state index in [4.69, 9.17) is 0 Å². The average molecular weight is 187 g/mol. The van der Waals surface area contributed by atoms with Crippen LogP contribution in [0.25, 0.3) is 0 Å². The highest BCUT2D eigenvalue weighted by atomic mass is 29.2. The van der Waals surface area contributed by atoms with Gasteiger partial charge in [0.05, 0.1) is 0 Å². The average Bonchev–Trinajstić information content (AvgIpc) is 1.60. The molecule has 0 aliphatic carbocycles. The van der Waals surface area contributed by atoms with Gasteiger partial charge in [0, 0.05) is 9.76 Å². The van der Waals surface area contributed by atoms with Gasteiger partial charge in [0.2, 0.25) is 0 Å². The fraction of sp³-hybridized carbons (Fsp3) is 1.00. The van der Waals surface area contributed by atoms with E-state index in [-0.39, 0.29) is 0 Å². The van der Waals surface area contributed by atoms with Crippen molar-refractivity contribution in [1.82, 2.24) is 4.65 Å². The smallest absolute Gasteiger partial charge is 0.109 e. The van der Waals surface area contributed by atoms with Crippen molar-refractivity contribution < 1.29 is 0 Å². The van der Waals surface area contributed by atoms with Crippen molar-refractivity contribution in [3.8, 4) is 0 Å². The van der Waals surface area contributed by atoms with Gasteiger partial charge in [-0.05, 0) is 5.54 Å². The van der Waals surface area contributed by atoms with Crippen molar-refractivity contribution in [2.75, 3.05) is 0 Å². The first-order valence-electron chi connectivity index (χ1n) is 3.69. The van der Waals surface area contributed by atoms with Gasteiger partial charge in [0.1, 0.15) is 16.7 Å². The van der Waals surface area contributed by atoms with Crippen molar-refractivity contribution >= 4 is 26.5 Å². The molecular weight excluding hydrogens is 170 g/mol. The minimum atomic E-state index is -1.04. The molecule has 0 fully saturated rings. The third-order valence-electron chi connectivity index (χ3n) is 1.09. The van der Waals surface area contributed by atoms with Crippen LogP contribution >= 0.6 is 0 Å². The standard InChI is InChI=1S/C6H17NSi3/c1-6(2)9(8)7-10(3,4)5/h6-7H,1-5H3. The van der Waals surface area contributed by atoms with Gasteiger partial charge in [-0.15, -0.1) is 0 Å². The van der Waals surface area contributed by atoms with Gasteiger partial charge in [-0.2, -0.15) is 0 Å². The largest absolute Gasteiger partial charge is 0.363 e. The number of rotatable bonds is 3. The van der Waals surface area contributed by atoms with E-state index in [9.17, 15) is 0 Å². The lowest BCUT2D eigenvalue weighted by Gasteiger charge is -2.25. The molecule has 0 bridgehead atoms. The molecule has 0 aromatic rings. The van der Waals surface area contributed by atoms with Crippen molar-refractivity contribution in [3.05, 3.63) is 0 Å². The second kappa shape index (κ2) is 3.85. The molecule has 0 heterocycles. The second-order valence-electron chi connectivity index (χ2n) is 3.94. The molecule has 0 aromatic carbocycles. The van der Waals surface area contributed by atoms with Crippen LogP contribution in [0.3, 0.4) is 0 Å². The summed E-state index contributed by atoms with van der Waals surface area (Å²) in [7, 11) is 2.27. The number of hydrogen-bond acceptors (Lipinski definition) is 1. The Morgan fingerprint density at radius 1 is 1.30 bits per heavy atom. The Balaban J connectivity index is 3.68. The van der Waals surface area contributed by atoms with E-state index in [1.807, 2.05) is 0 Å². The quantitative estimate of drug-likeness (QED) is 0.660. The Labute approximate surface area is 70.6 Å². The highest BCUT2D eigenvalue weighted by Crippen LogP contribution is 2.04. The maximum Gasteiger partial charge on any atom is 0.109 e. The minimum Gasteiger partial charge on any atom is -0.363 e. The predicted molar refractivity (Wildman–Crippen MR) is 53.1 cm³/mol. The molecule has 58 valence electrons. The lowest BCUT2D eigenvalue weighted by Crippen LogP contribution is -2.52. The van der Waals surface area contributed by atoms with E-state index >= 15 is 0 Å². The molecule has 0 saturated carbocycles. The highest BCUT2D eigenvalue weighted by Gasteiger charge is 2.18. The third kappa shape index (κ3) is 5.40. The normalized spacial score (nSPS) is 13.2. The monoisotopic (exact) mass is 187 g/mol. The van der Waals surface area contributed by atoms with Crippen molar-refractivity contribution in [2.45, 2.75) is 39.0 Å². The van der Waals surface area contributed by atoms with E-state index < -0.39 is 16.7 Å². The molecular formula is C6H17NSi3. The molecule has 4 heteroatoms. The zero-order valence-electron chi connectivity index (χ0n) is 7.58. The third-order valence-corrected chi connectivity index (χ3v) is 9.18. The van der Waals surface area contributed by atoms with E-state index in [1.165, 1.54) is 0 Å². The van der Waals surface area contributed by atoms with E-state index in [0.717, 1.165) is 5.54 Å². The molecule has 0 aliphatic rings. The lowest BCUT2D eigenvalue weighted by molar-refractivity contribution is 1.03. The van der Waals surface area contributed by atoms with Gasteiger partial charge in [-0.1, -0.05) is 33.5 Å². The van der Waals surface area contributed by atoms with Crippen LogP contribution in [-0.4, -0.2) is 26.5 Å². The molecule has 10 heavy (non-hydrogen) atoms. The molecule has 1 nitrogen and oxygen atoms in total. The number of hydrogen-bond donors (Lipinski definition) is 1. The van der Waals surface area contributed by atoms with E-state index in [1.54, 1.807) is 0 Å². The Kier molecular flexibility index (Phi) is 4.08. The Bertz CT molecular complexity index is 97.7. The fourth-order valence-electron chi connectivity index (χ4n) is 0.548. The molecule has 0 unspecified atom stereocenters. The summed E-state index contributed by atoms with van der Waals surface area (Å²) >= 11 is 0. The lowest BCUT2D eigenvalue weighted by atomic mass is 10.6. The molecule has 0 amide bonds. The second-order valence-corrected chi connectivity index (χ2v) is 13.0.